The highest BCUT2D eigenvalue weighted by molar-refractivity contribution is 6.30. The Bertz CT molecular complexity index is 888. The summed E-state index contributed by atoms with van der Waals surface area (Å²) in [5, 5.41) is 6.78. The molecular weight excluding hydrogens is 338 g/mol. The van der Waals surface area contributed by atoms with Crippen LogP contribution in [0.1, 0.15) is 18.4 Å². The van der Waals surface area contributed by atoms with Crippen LogP contribution in [0.5, 0.6) is 0 Å². The molecule has 128 valence electrons. The van der Waals surface area contributed by atoms with E-state index in [-0.39, 0.29) is 5.91 Å². The molecule has 0 saturated heterocycles. The molecule has 0 spiro atoms. The highest BCUT2D eigenvalue weighted by Gasteiger charge is 2.09. The second-order valence-electron chi connectivity index (χ2n) is 5.64. The molecule has 1 heterocycles. The topological polar surface area (TPSA) is 67.2 Å². The molecule has 6 heteroatoms. The first-order chi connectivity index (χ1) is 12.0. The normalized spacial score (nSPS) is 10.5. The van der Waals surface area contributed by atoms with E-state index in [1.54, 1.807) is 6.20 Å². The largest absolute Gasteiger partial charge is 0.439 e. The van der Waals surface area contributed by atoms with Crippen molar-refractivity contribution in [2.24, 2.45) is 0 Å². The summed E-state index contributed by atoms with van der Waals surface area (Å²) in [5.41, 5.74) is 3.58. The maximum atomic E-state index is 11.2. The molecule has 0 aliphatic heterocycles. The summed E-state index contributed by atoms with van der Waals surface area (Å²) < 4.78 is 5.78. The van der Waals surface area contributed by atoms with E-state index in [1.807, 2.05) is 49.4 Å². The van der Waals surface area contributed by atoms with E-state index in [9.17, 15) is 4.79 Å². The average Bonchev–Trinajstić information content (AvgIpc) is 3.05. The number of oxazole rings is 1. The number of nitrogens with one attached hydrogen (secondary N) is 2. The number of benzene rings is 2. The summed E-state index contributed by atoms with van der Waals surface area (Å²) in [6.45, 7) is 3.88. The zero-order chi connectivity index (χ0) is 17.8. The first kappa shape index (κ1) is 17.0. The third-order valence-corrected chi connectivity index (χ3v) is 4.01. The van der Waals surface area contributed by atoms with Crippen molar-refractivity contribution in [1.29, 1.82) is 0 Å². The summed E-state index contributed by atoms with van der Waals surface area (Å²) in [4.78, 5) is 15.5. The van der Waals surface area contributed by atoms with Crippen molar-refractivity contribution in [2.75, 3.05) is 10.6 Å². The molecule has 0 radical (unpaired) electrons. The van der Waals surface area contributed by atoms with Crippen LogP contribution in [0.3, 0.4) is 0 Å². The Morgan fingerprint density at radius 1 is 1.16 bits per heavy atom. The van der Waals surface area contributed by atoms with E-state index in [2.05, 4.69) is 15.6 Å². The van der Waals surface area contributed by atoms with Crippen LogP contribution >= 0.6 is 11.6 Å². The first-order valence-electron chi connectivity index (χ1n) is 7.84. The number of rotatable bonds is 5. The van der Waals surface area contributed by atoms with E-state index in [0.717, 1.165) is 22.5 Å². The molecule has 3 aromatic rings. The van der Waals surface area contributed by atoms with Gasteiger partial charge in [-0.3, -0.25) is 4.79 Å². The Kier molecular flexibility index (Phi) is 5.05. The van der Waals surface area contributed by atoms with Crippen LogP contribution in [0.15, 0.2) is 53.1 Å². The van der Waals surface area contributed by atoms with Gasteiger partial charge in [0.05, 0.1) is 12.7 Å². The van der Waals surface area contributed by atoms with Crippen LogP contribution in [0.2, 0.25) is 5.02 Å². The lowest BCUT2D eigenvalue weighted by atomic mass is 10.1. The Balaban J connectivity index is 1.70. The van der Waals surface area contributed by atoms with Gasteiger partial charge in [0.1, 0.15) is 0 Å². The molecule has 3 rings (SSSR count). The molecule has 0 aliphatic rings. The Hall–Kier alpha value is -2.79. The van der Waals surface area contributed by atoms with Gasteiger partial charge in [-0.25, -0.2) is 4.98 Å². The minimum Gasteiger partial charge on any atom is -0.439 e. The number of nitrogens with zero attached hydrogens (tertiary/aromatic N) is 1. The van der Waals surface area contributed by atoms with Crippen LogP contribution in [-0.2, 0) is 11.3 Å². The van der Waals surface area contributed by atoms with Gasteiger partial charge in [0.15, 0.2) is 5.76 Å². The lowest BCUT2D eigenvalue weighted by Crippen LogP contribution is -2.09. The van der Waals surface area contributed by atoms with Crippen LogP contribution in [0.4, 0.5) is 11.4 Å². The van der Waals surface area contributed by atoms with E-state index in [1.165, 1.54) is 6.92 Å². The fourth-order valence-corrected chi connectivity index (χ4v) is 2.59. The van der Waals surface area contributed by atoms with Crippen LogP contribution < -0.4 is 10.6 Å². The van der Waals surface area contributed by atoms with Gasteiger partial charge in [-0.05, 0) is 48.9 Å². The summed E-state index contributed by atoms with van der Waals surface area (Å²) in [6, 6.07) is 13.1. The predicted molar refractivity (Wildman–Crippen MR) is 99.8 cm³/mol. The number of carbonyl (C=O) groups excluding carboxylic acids is 1. The molecule has 0 unspecified atom stereocenters. The third kappa shape index (κ3) is 4.19. The quantitative estimate of drug-likeness (QED) is 0.684. The molecule has 5 nitrogen and oxygen atoms in total. The predicted octanol–water partition coefficient (Wildman–Crippen LogP) is 4.87. The van der Waals surface area contributed by atoms with Crippen molar-refractivity contribution in [2.45, 2.75) is 20.4 Å². The van der Waals surface area contributed by atoms with E-state index >= 15 is 0 Å². The molecule has 0 atom stereocenters. The molecule has 0 fully saturated rings. The Labute approximate surface area is 151 Å². The summed E-state index contributed by atoms with van der Waals surface area (Å²) in [7, 11) is 0. The van der Waals surface area contributed by atoms with Gasteiger partial charge < -0.3 is 15.1 Å². The molecule has 2 N–H and O–H groups in total. The minimum absolute atomic E-state index is 0.0967. The fourth-order valence-electron chi connectivity index (χ4n) is 2.46. The number of aromatic nitrogens is 1. The average molecular weight is 356 g/mol. The summed E-state index contributed by atoms with van der Waals surface area (Å²) in [6.07, 6.45) is 1.70. The van der Waals surface area contributed by atoms with E-state index in [4.69, 9.17) is 16.0 Å². The monoisotopic (exact) mass is 355 g/mol. The number of amides is 1. The molecule has 1 aromatic heterocycles. The van der Waals surface area contributed by atoms with Crippen molar-refractivity contribution < 1.29 is 9.21 Å². The van der Waals surface area contributed by atoms with Gasteiger partial charge in [0.2, 0.25) is 11.8 Å². The maximum absolute atomic E-state index is 11.2. The van der Waals surface area contributed by atoms with Crippen LogP contribution in [0.25, 0.3) is 11.3 Å². The van der Waals surface area contributed by atoms with Gasteiger partial charge in [-0.15, -0.1) is 0 Å². The van der Waals surface area contributed by atoms with Crippen molar-refractivity contribution in [3.63, 3.8) is 0 Å². The highest BCUT2D eigenvalue weighted by atomic mass is 35.5. The van der Waals surface area contributed by atoms with Crippen molar-refractivity contribution in [1.82, 2.24) is 4.98 Å². The lowest BCUT2D eigenvalue weighted by molar-refractivity contribution is -0.114. The standard InChI is InChI=1S/C19H18ClN3O2/c1-12-16(4-3-5-17(12)23-13(2)24)21-11-19-22-10-18(25-19)14-6-8-15(20)9-7-14/h3-10,21H,11H2,1-2H3,(H,23,24). The molecule has 2 aromatic carbocycles. The van der Waals surface area contributed by atoms with Gasteiger partial charge in [-0.1, -0.05) is 17.7 Å². The minimum atomic E-state index is -0.0967. The van der Waals surface area contributed by atoms with Gasteiger partial charge in [0.25, 0.3) is 0 Å². The summed E-state index contributed by atoms with van der Waals surface area (Å²) >= 11 is 5.90. The smallest absolute Gasteiger partial charge is 0.221 e. The Morgan fingerprint density at radius 3 is 2.60 bits per heavy atom. The van der Waals surface area contributed by atoms with Crippen molar-refractivity contribution in [3.05, 3.63) is 65.1 Å². The zero-order valence-electron chi connectivity index (χ0n) is 14.0. The molecule has 0 aliphatic carbocycles. The SMILES string of the molecule is CC(=O)Nc1cccc(NCc2ncc(-c3ccc(Cl)cc3)o2)c1C. The third-order valence-electron chi connectivity index (χ3n) is 3.76. The maximum Gasteiger partial charge on any atom is 0.221 e. The van der Waals surface area contributed by atoms with Crippen LogP contribution in [0, 0.1) is 6.92 Å². The van der Waals surface area contributed by atoms with Crippen molar-refractivity contribution >= 4 is 28.9 Å². The molecule has 25 heavy (non-hydrogen) atoms. The molecular formula is C19H18ClN3O2. The second-order valence-corrected chi connectivity index (χ2v) is 6.07. The number of hydrogen-bond acceptors (Lipinski definition) is 4. The van der Waals surface area contributed by atoms with Gasteiger partial charge >= 0.3 is 0 Å². The zero-order valence-corrected chi connectivity index (χ0v) is 14.7. The summed E-state index contributed by atoms with van der Waals surface area (Å²) in [5.74, 6) is 1.17. The van der Waals surface area contributed by atoms with Crippen molar-refractivity contribution in [3.8, 4) is 11.3 Å². The lowest BCUT2D eigenvalue weighted by Gasteiger charge is -2.12. The Morgan fingerprint density at radius 2 is 1.88 bits per heavy atom. The van der Waals surface area contributed by atoms with E-state index < -0.39 is 0 Å². The van der Waals surface area contributed by atoms with Crippen LogP contribution in [-0.4, -0.2) is 10.9 Å². The molecule has 1 amide bonds. The molecule has 0 bridgehead atoms. The number of hydrogen-bond donors (Lipinski definition) is 2. The van der Waals surface area contributed by atoms with Gasteiger partial charge in [0, 0.05) is 28.9 Å². The highest BCUT2D eigenvalue weighted by Crippen LogP contribution is 2.25. The van der Waals surface area contributed by atoms with E-state index in [0.29, 0.717) is 23.2 Å². The molecule has 0 saturated carbocycles. The first-order valence-corrected chi connectivity index (χ1v) is 8.22. The number of halogens is 1. The number of carbonyl (C=O) groups is 1. The van der Waals surface area contributed by atoms with Gasteiger partial charge in [-0.2, -0.15) is 0 Å². The number of anilines is 2. The second kappa shape index (κ2) is 7.40. The fraction of sp³-hybridized carbons (Fsp3) is 0.158.